The number of aliphatic hydroxyl groups excluding tert-OH is 2. The summed E-state index contributed by atoms with van der Waals surface area (Å²) in [5, 5.41) is 23.9. The molecule has 0 unspecified atom stereocenters. The zero-order valence-electron chi connectivity index (χ0n) is 16.7. The van der Waals surface area contributed by atoms with Gasteiger partial charge in [0.15, 0.2) is 11.6 Å². The standard InChI is InChI=1S/C22H21ClN2O6/c1-22(10-26,11-27)21(31)24-7-6-18(28)25-13-3-5-15-17(9-13)20(30)16-8-12(23)2-4-14(16)19(15)29/h2-5,8-9,26-27H,6-7,10-11H2,1H3,(H,24,31)(H,25,28). The minimum atomic E-state index is -1.33. The number of hydrogen-bond acceptors (Lipinski definition) is 6. The highest BCUT2D eigenvalue weighted by atomic mass is 35.5. The lowest BCUT2D eigenvalue weighted by molar-refractivity contribution is -0.134. The summed E-state index contributed by atoms with van der Waals surface area (Å²) >= 11 is 5.96. The van der Waals surface area contributed by atoms with Crippen LogP contribution in [-0.4, -0.2) is 53.4 Å². The van der Waals surface area contributed by atoms with Crippen molar-refractivity contribution in [3.63, 3.8) is 0 Å². The third kappa shape index (κ3) is 4.51. The average molecular weight is 445 g/mol. The second-order valence-electron chi connectivity index (χ2n) is 7.54. The Bertz CT molecular complexity index is 1080. The van der Waals surface area contributed by atoms with Gasteiger partial charge in [0.1, 0.15) is 0 Å². The highest BCUT2D eigenvalue weighted by Gasteiger charge is 2.32. The number of halogens is 1. The van der Waals surface area contributed by atoms with Gasteiger partial charge in [-0.3, -0.25) is 19.2 Å². The molecule has 2 amide bonds. The van der Waals surface area contributed by atoms with Gasteiger partial charge >= 0.3 is 0 Å². The first-order valence-corrected chi connectivity index (χ1v) is 9.91. The molecular formula is C22H21ClN2O6. The zero-order valence-corrected chi connectivity index (χ0v) is 17.5. The molecule has 9 heteroatoms. The van der Waals surface area contributed by atoms with Crippen molar-refractivity contribution in [1.82, 2.24) is 5.32 Å². The van der Waals surface area contributed by atoms with Crippen LogP contribution in [0, 0.1) is 5.41 Å². The van der Waals surface area contributed by atoms with Crippen molar-refractivity contribution >= 4 is 40.7 Å². The summed E-state index contributed by atoms with van der Waals surface area (Å²) in [5.41, 5.74) is -0.0810. The van der Waals surface area contributed by atoms with E-state index >= 15 is 0 Å². The highest BCUT2D eigenvalue weighted by Crippen LogP contribution is 2.30. The molecule has 162 valence electrons. The van der Waals surface area contributed by atoms with Crippen LogP contribution in [-0.2, 0) is 9.59 Å². The molecule has 1 aliphatic rings. The van der Waals surface area contributed by atoms with Gasteiger partial charge in [-0.2, -0.15) is 0 Å². The maximum Gasteiger partial charge on any atom is 0.230 e. The summed E-state index contributed by atoms with van der Waals surface area (Å²) in [7, 11) is 0. The van der Waals surface area contributed by atoms with E-state index in [2.05, 4.69) is 10.6 Å². The van der Waals surface area contributed by atoms with Gasteiger partial charge in [0.25, 0.3) is 0 Å². The van der Waals surface area contributed by atoms with Gasteiger partial charge in [0, 0.05) is 45.9 Å². The minimum Gasteiger partial charge on any atom is -0.395 e. The van der Waals surface area contributed by atoms with Crippen molar-refractivity contribution in [3.8, 4) is 0 Å². The monoisotopic (exact) mass is 444 g/mol. The molecule has 1 aliphatic carbocycles. The Balaban J connectivity index is 1.67. The number of carbonyl (C=O) groups excluding carboxylic acids is 4. The summed E-state index contributed by atoms with van der Waals surface area (Å²) in [6.45, 7) is 0.336. The van der Waals surface area contributed by atoms with Crippen molar-refractivity contribution in [2.45, 2.75) is 13.3 Å². The lowest BCUT2D eigenvalue weighted by atomic mass is 9.84. The Morgan fingerprint density at radius 3 is 2.16 bits per heavy atom. The highest BCUT2D eigenvalue weighted by molar-refractivity contribution is 6.33. The number of rotatable bonds is 7. The minimum absolute atomic E-state index is 0.00547. The van der Waals surface area contributed by atoms with Crippen LogP contribution in [0.25, 0.3) is 0 Å². The van der Waals surface area contributed by atoms with E-state index in [1.54, 1.807) is 6.07 Å². The van der Waals surface area contributed by atoms with Crippen LogP contribution in [0.3, 0.4) is 0 Å². The molecule has 0 fully saturated rings. The number of hydrogen-bond donors (Lipinski definition) is 4. The second kappa shape index (κ2) is 8.97. The smallest absolute Gasteiger partial charge is 0.230 e. The fourth-order valence-corrected chi connectivity index (χ4v) is 3.29. The van der Waals surface area contributed by atoms with Gasteiger partial charge < -0.3 is 20.8 Å². The molecule has 0 saturated carbocycles. The lowest BCUT2D eigenvalue weighted by Crippen LogP contribution is -2.44. The van der Waals surface area contributed by atoms with Crippen LogP contribution in [0.1, 0.15) is 45.2 Å². The number of ketones is 2. The number of benzene rings is 2. The van der Waals surface area contributed by atoms with Crippen molar-refractivity contribution < 1.29 is 29.4 Å². The van der Waals surface area contributed by atoms with Gasteiger partial charge in [-0.1, -0.05) is 11.6 Å². The average Bonchev–Trinajstić information content (AvgIpc) is 2.76. The second-order valence-corrected chi connectivity index (χ2v) is 7.98. The van der Waals surface area contributed by atoms with E-state index in [-0.39, 0.29) is 46.8 Å². The van der Waals surface area contributed by atoms with E-state index in [4.69, 9.17) is 11.6 Å². The van der Waals surface area contributed by atoms with Crippen LogP contribution in [0.2, 0.25) is 5.02 Å². The summed E-state index contributed by atoms with van der Waals surface area (Å²) in [4.78, 5) is 49.7. The zero-order chi connectivity index (χ0) is 22.8. The number of amides is 2. The fraction of sp³-hybridized carbons (Fsp3) is 0.273. The molecule has 0 spiro atoms. The van der Waals surface area contributed by atoms with E-state index < -0.39 is 30.4 Å². The Morgan fingerprint density at radius 1 is 0.935 bits per heavy atom. The van der Waals surface area contributed by atoms with Gasteiger partial charge in [-0.05, 0) is 43.3 Å². The van der Waals surface area contributed by atoms with E-state index in [9.17, 15) is 29.4 Å². The maximum absolute atomic E-state index is 12.8. The summed E-state index contributed by atoms with van der Waals surface area (Å²) < 4.78 is 0. The Labute approximate surface area is 183 Å². The molecule has 31 heavy (non-hydrogen) atoms. The van der Waals surface area contributed by atoms with Crippen LogP contribution in [0.4, 0.5) is 5.69 Å². The van der Waals surface area contributed by atoms with Crippen LogP contribution < -0.4 is 10.6 Å². The Kier molecular flexibility index (Phi) is 6.54. The molecule has 0 radical (unpaired) electrons. The van der Waals surface area contributed by atoms with Crippen molar-refractivity contribution in [2.75, 3.05) is 25.1 Å². The van der Waals surface area contributed by atoms with Gasteiger partial charge in [-0.15, -0.1) is 0 Å². The predicted octanol–water partition coefficient (Wildman–Crippen LogP) is 1.55. The topological polar surface area (TPSA) is 133 Å². The molecule has 0 aromatic heterocycles. The number of aliphatic hydroxyl groups is 2. The van der Waals surface area contributed by atoms with Crippen LogP contribution in [0.5, 0.6) is 0 Å². The summed E-state index contributed by atoms with van der Waals surface area (Å²) in [6.07, 6.45) is -0.0684. The van der Waals surface area contributed by atoms with Crippen LogP contribution in [0.15, 0.2) is 36.4 Å². The first kappa shape index (κ1) is 22.6. The van der Waals surface area contributed by atoms with Crippen molar-refractivity contribution in [2.24, 2.45) is 5.41 Å². The quantitative estimate of drug-likeness (QED) is 0.437. The van der Waals surface area contributed by atoms with E-state index in [0.717, 1.165) is 0 Å². The molecule has 0 heterocycles. The Morgan fingerprint density at radius 2 is 1.52 bits per heavy atom. The largest absolute Gasteiger partial charge is 0.395 e. The fourth-order valence-electron chi connectivity index (χ4n) is 3.12. The molecule has 4 N–H and O–H groups in total. The van der Waals surface area contributed by atoms with E-state index in [1.165, 1.54) is 37.3 Å². The molecule has 0 bridgehead atoms. The molecule has 2 aromatic rings. The number of nitrogens with one attached hydrogen (secondary N) is 2. The molecule has 3 rings (SSSR count). The SMILES string of the molecule is CC(CO)(CO)C(=O)NCCC(=O)Nc1ccc2c(c1)C(=O)c1cc(Cl)ccc1C2=O. The van der Waals surface area contributed by atoms with Crippen molar-refractivity contribution in [3.05, 3.63) is 63.7 Å². The lowest BCUT2D eigenvalue weighted by Gasteiger charge is -2.23. The molecule has 0 atom stereocenters. The number of carbonyl (C=O) groups is 4. The summed E-state index contributed by atoms with van der Waals surface area (Å²) in [5.74, 6) is -1.64. The van der Waals surface area contributed by atoms with Gasteiger partial charge in [0.05, 0.1) is 18.6 Å². The predicted molar refractivity (Wildman–Crippen MR) is 113 cm³/mol. The normalized spacial score (nSPS) is 12.8. The molecule has 0 aliphatic heterocycles. The Hall–Kier alpha value is -3.07. The first-order chi connectivity index (χ1) is 14.7. The van der Waals surface area contributed by atoms with Gasteiger partial charge in [-0.25, -0.2) is 0 Å². The van der Waals surface area contributed by atoms with Gasteiger partial charge in [0.2, 0.25) is 11.8 Å². The molecule has 8 nitrogen and oxygen atoms in total. The first-order valence-electron chi connectivity index (χ1n) is 9.53. The third-order valence-corrected chi connectivity index (χ3v) is 5.38. The summed E-state index contributed by atoms with van der Waals surface area (Å²) in [6, 6.07) is 8.95. The van der Waals surface area contributed by atoms with Crippen LogP contribution >= 0.6 is 11.6 Å². The van der Waals surface area contributed by atoms with Crippen molar-refractivity contribution in [1.29, 1.82) is 0 Å². The molecule has 2 aromatic carbocycles. The number of anilines is 1. The van der Waals surface area contributed by atoms with E-state index in [0.29, 0.717) is 10.7 Å². The molecular weight excluding hydrogens is 424 g/mol. The molecule has 0 saturated heterocycles. The number of fused-ring (bicyclic) bond motifs is 2. The third-order valence-electron chi connectivity index (χ3n) is 5.15. The van der Waals surface area contributed by atoms with E-state index in [1.807, 2.05) is 0 Å². The maximum atomic E-state index is 12.8.